The van der Waals surface area contributed by atoms with Crippen molar-refractivity contribution in [3.05, 3.63) is 24.3 Å². The summed E-state index contributed by atoms with van der Waals surface area (Å²) in [5, 5.41) is 0. The van der Waals surface area contributed by atoms with Gasteiger partial charge < -0.3 is 9.64 Å². The molecule has 0 unspecified atom stereocenters. The Balaban J connectivity index is 1.82. The van der Waals surface area contributed by atoms with E-state index in [9.17, 15) is 0 Å². The third-order valence-electron chi connectivity index (χ3n) is 4.81. The smallest absolute Gasteiger partial charge is 0.142 e. The zero-order chi connectivity index (χ0) is 13.8. The van der Waals surface area contributed by atoms with Crippen LogP contribution in [-0.4, -0.2) is 25.4 Å². The minimum atomic E-state index is 0.402. The summed E-state index contributed by atoms with van der Waals surface area (Å²) in [6, 6.07) is 8.49. The molecule has 0 N–H and O–H groups in total. The van der Waals surface area contributed by atoms with Crippen LogP contribution in [0.5, 0.6) is 5.75 Å². The highest BCUT2D eigenvalue weighted by atomic mass is 32.1. The van der Waals surface area contributed by atoms with Crippen molar-refractivity contribution in [1.29, 1.82) is 0 Å². The molecule has 0 aromatic heterocycles. The van der Waals surface area contributed by atoms with E-state index in [4.69, 9.17) is 4.74 Å². The van der Waals surface area contributed by atoms with Crippen molar-refractivity contribution in [2.75, 3.05) is 30.3 Å². The minimum Gasteiger partial charge on any atom is -0.491 e. The highest BCUT2D eigenvalue weighted by Gasteiger charge is 2.33. The normalized spacial score (nSPS) is 21.8. The molecule has 3 heteroatoms. The molecule has 1 saturated carbocycles. The fourth-order valence-electron chi connectivity index (χ4n) is 3.64. The lowest BCUT2D eigenvalue weighted by molar-refractivity contribution is 0.228. The maximum Gasteiger partial charge on any atom is 0.142 e. The van der Waals surface area contributed by atoms with Crippen LogP contribution >= 0.6 is 12.6 Å². The molecule has 2 aliphatic rings. The molecule has 0 spiro atoms. The van der Waals surface area contributed by atoms with E-state index in [1.165, 1.54) is 37.8 Å². The second kappa shape index (κ2) is 6.30. The molecule has 3 rings (SSSR count). The highest BCUT2D eigenvalue weighted by Crippen LogP contribution is 2.40. The van der Waals surface area contributed by atoms with Crippen LogP contribution in [0.2, 0.25) is 0 Å². The Morgan fingerprint density at radius 2 is 1.90 bits per heavy atom. The number of benzene rings is 1. The van der Waals surface area contributed by atoms with Gasteiger partial charge >= 0.3 is 0 Å². The summed E-state index contributed by atoms with van der Waals surface area (Å²) in [7, 11) is 0. The fourth-order valence-corrected chi connectivity index (χ4v) is 4.05. The van der Waals surface area contributed by atoms with Gasteiger partial charge in [0.1, 0.15) is 5.75 Å². The van der Waals surface area contributed by atoms with E-state index in [1.54, 1.807) is 0 Å². The van der Waals surface area contributed by atoms with Gasteiger partial charge in [-0.1, -0.05) is 31.4 Å². The van der Waals surface area contributed by atoms with Gasteiger partial charge in [-0.3, -0.25) is 0 Å². The number of thiol groups is 1. The highest BCUT2D eigenvalue weighted by molar-refractivity contribution is 7.80. The van der Waals surface area contributed by atoms with Gasteiger partial charge in [-0.2, -0.15) is 12.6 Å². The van der Waals surface area contributed by atoms with Crippen molar-refractivity contribution in [3.63, 3.8) is 0 Å². The van der Waals surface area contributed by atoms with E-state index in [2.05, 4.69) is 41.8 Å². The van der Waals surface area contributed by atoms with Crippen molar-refractivity contribution in [2.45, 2.75) is 38.5 Å². The molecular weight excluding hydrogens is 266 g/mol. The van der Waals surface area contributed by atoms with Crippen molar-refractivity contribution >= 4 is 18.3 Å². The first-order valence-electron chi connectivity index (χ1n) is 7.91. The molecule has 0 saturated heterocycles. The number of nitrogens with zero attached hydrogens (tertiary/aromatic N) is 1. The number of fused-ring (bicyclic) bond motifs is 1. The molecule has 1 aromatic rings. The Labute approximate surface area is 127 Å². The first-order chi connectivity index (χ1) is 9.83. The zero-order valence-corrected chi connectivity index (χ0v) is 13.1. The molecule has 1 aliphatic carbocycles. The van der Waals surface area contributed by atoms with Gasteiger partial charge in [0.2, 0.25) is 0 Å². The molecule has 2 nitrogen and oxygen atoms in total. The Hall–Kier alpha value is -0.830. The van der Waals surface area contributed by atoms with E-state index < -0.39 is 0 Å². The summed E-state index contributed by atoms with van der Waals surface area (Å²) in [6.45, 7) is 3.07. The van der Waals surface area contributed by atoms with Gasteiger partial charge in [-0.05, 0) is 42.6 Å². The second-order valence-corrected chi connectivity index (χ2v) is 6.63. The largest absolute Gasteiger partial charge is 0.491 e. The topological polar surface area (TPSA) is 12.5 Å². The van der Waals surface area contributed by atoms with Crippen LogP contribution < -0.4 is 9.64 Å². The second-order valence-electron chi connectivity index (χ2n) is 6.31. The van der Waals surface area contributed by atoms with E-state index in [1.807, 2.05) is 0 Å². The van der Waals surface area contributed by atoms with Gasteiger partial charge in [-0.25, -0.2) is 0 Å². The van der Waals surface area contributed by atoms with Gasteiger partial charge in [-0.15, -0.1) is 0 Å². The third-order valence-corrected chi connectivity index (χ3v) is 5.48. The molecule has 0 amide bonds. The lowest BCUT2D eigenvalue weighted by Crippen LogP contribution is -2.41. The van der Waals surface area contributed by atoms with Crippen LogP contribution in [0.1, 0.15) is 38.5 Å². The molecule has 1 heterocycles. The SMILES string of the molecule is SCC1(CN2CCCOc3ccccc32)CCCCC1. The summed E-state index contributed by atoms with van der Waals surface area (Å²) in [5.74, 6) is 2.06. The molecule has 0 bridgehead atoms. The summed E-state index contributed by atoms with van der Waals surface area (Å²) in [5.41, 5.74) is 1.68. The molecule has 0 atom stereocenters. The Bertz CT molecular complexity index is 442. The van der Waals surface area contributed by atoms with E-state index in [0.29, 0.717) is 5.41 Å². The predicted molar refractivity (Wildman–Crippen MR) is 88.1 cm³/mol. The number of ether oxygens (including phenoxy) is 1. The van der Waals surface area contributed by atoms with Crippen LogP contribution in [0.25, 0.3) is 0 Å². The van der Waals surface area contributed by atoms with E-state index in [-0.39, 0.29) is 0 Å². The van der Waals surface area contributed by atoms with Crippen LogP contribution in [0, 0.1) is 5.41 Å². The monoisotopic (exact) mass is 291 g/mol. The number of para-hydroxylation sites is 2. The fraction of sp³-hybridized carbons (Fsp3) is 0.647. The quantitative estimate of drug-likeness (QED) is 0.840. The molecule has 110 valence electrons. The van der Waals surface area contributed by atoms with Gasteiger partial charge in [0.05, 0.1) is 12.3 Å². The number of anilines is 1. The molecule has 1 aromatic carbocycles. The Kier molecular flexibility index (Phi) is 4.45. The van der Waals surface area contributed by atoms with Crippen molar-refractivity contribution in [1.82, 2.24) is 0 Å². The molecule has 0 radical (unpaired) electrons. The zero-order valence-electron chi connectivity index (χ0n) is 12.2. The van der Waals surface area contributed by atoms with E-state index >= 15 is 0 Å². The van der Waals surface area contributed by atoms with Crippen LogP contribution in [0.4, 0.5) is 5.69 Å². The lowest BCUT2D eigenvalue weighted by atomic mass is 9.75. The van der Waals surface area contributed by atoms with Crippen LogP contribution in [0.15, 0.2) is 24.3 Å². The lowest BCUT2D eigenvalue weighted by Gasteiger charge is -2.41. The maximum absolute atomic E-state index is 5.87. The average molecular weight is 291 g/mol. The Morgan fingerprint density at radius 3 is 2.70 bits per heavy atom. The Morgan fingerprint density at radius 1 is 1.10 bits per heavy atom. The van der Waals surface area contributed by atoms with Crippen molar-refractivity contribution in [2.24, 2.45) is 5.41 Å². The molecular formula is C17H25NOS. The van der Waals surface area contributed by atoms with Crippen LogP contribution in [0.3, 0.4) is 0 Å². The average Bonchev–Trinajstić information content (AvgIpc) is 2.71. The standard InChI is InChI=1S/C17H25NOS/c20-14-17(9-4-1-5-10-17)13-18-11-6-12-19-16-8-3-2-7-15(16)18/h2-3,7-8,20H,1,4-6,9-14H2. The van der Waals surface area contributed by atoms with Crippen molar-refractivity contribution < 1.29 is 4.74 Å². The first-order valence-corrected chi connectivity index (χ1v) is 8.54. The number of hydrogen-bond acceptors (Lipinski definition) is 3. The summed E-state index contributed by atoms with van der Waals surface area (Å²) < 4.78 is 5.87. The summed E-state index contributed by atoms with van der Waals surface area (Å²) in [4.78, 5) is 2.55. The molecule has 1 fully saturated rings. The number of hydrogen-bond donors (Lipinski definition) is 1. The third kappa shape index (κ3) is 2.93. The van der Waals surface area contributed by atoms with Crippen LogP contribution in [-0.2, 0) is 0 Å². The van der Waals surface area contributed by atoms with Crippen molar-refractivity contribution in [3.8, 4) is 5.75 Å². The summed E-state index contributed by atoms with van der Waals surface area (Å²) in [6.07, 6.45) is 7.90. The number of rotatable bonds is 3. The maximum atomic E-state index is 5.87. The summed E-state index contributed by atoms with van der Waals surface area (Å²) >= 11 is 4.69. The van der Waals surface area contributed by atoms with Gasteiger partial charge in [0, 0.05) is 13.1 Å². The minimum absolute atomic E-state index is 0.402. The van der Waals surface area contributed by atoms with E-state index in [0.717, 1.165) is 37.6 Å². The first kappa shape index (κ1) is 14.1. The van der Waals surface area contributed by atoms with Gasteiger partial charge in [0.25, 0.3) is 0 Å². The predicted octanol–water partition coefficient (Wildman–Crippen LogP) is 4.16. The van der Waals surface area contributed by atoms with Gasteiger partial charge in [0.15, 0.2) is 0 Å². The molecule has 1 aliphatic heterocycles. The molecule has 20 heavy (non-hydrogen) atoms.